The van der Waals surface area contributed by atoms with Crippen molar-refractivity contribution in [1.29, 1.82) is 0 Å². The Kier molecular flexibility index (Phi) is 4.26. The van der Waals surface area contributed by atoms with Crippen molar-refractivity contribution in [3.63, 3.8) is 0 Å². The lowest BCUT2D eigenvalue weighted by molar-refractivity contribution is 0.242. The minimum Gasteiger partial charge on any atom is -0.491 e. The second-order valence-corrected chi connectivity index (χ2v) is 4.94. The molecule has 1 aromatic carbocycles. The Morgan fingerprint density at radius 2 is 1.90 bits per heavy atom. The molecule has 6 heteroatoms. The molecule has 0 aliphatic rings. The molecular formula is C14H21N5O. The van der Waals surface area contributed by atoms with Crippen molar-refractivity contribution in [3.05, 3.63) is 41.6 Å². The Hall–Kier alpha value is -2.05. The summed E-state index contributed by atoms with van der Waals surface area (Å²) in [4.78, 5) is 0. The molecule has 0 bridgehead atoms. The highest BCUT2D eigenvalue weighted by Crippen LogP contribution is 2.27. The van der Waals surface area contributed by atoms with Crippen molar-refractivity contribution in [3.8, 4) is 5.75 Å². The lowest BCUT2D eigenvalue weighted by atomic mass is 10.0. The average molecular weight is 275 g/mol. The van der Waals surface area contributed by atoms with Crippen LogP contribution >= 0.6 is 0 Å². The van der Waals surface area contributed by atoms with E-state index in [0.29, 0.717) is 5.82 Å². The monoisotopic (exact) mass is 275 g/mol. The van der Waals surface area contributed by atoms with Crippen LogP contribution in [0.15, 0.2) is 30.5 Å². The first-order chi connectivity index (χ1) is 9.52. The van der Waals surface area contributed by atoms with E-state index in [4.69, 9.17) is 16.3 Å². The predicted molar refractivity (Wildman–Crippen MR) is 79.0 cm³/mol. The van der Waals surface area contributed by atoms with Crippen LogP contribution in [0.2, 0.25) is 0 Å². The fourth-order valence-corrected chi connectivity index (χ4v) is 2.06. The number of ether oxygens (including phenoxy) is 1. The van der Waals surface area contributed by atoms with Crippen molar-refractivity contribution in [2.24, 2.45) is 12.9 Å². The van der Waals surface area contributed by atoms with Gasteiger partial charge in [-0.25, -0.2) is 5.43 Å². The highest BCUT2D eigenvalue weighted by atomic mass is 16.5. The molecule has 108 valence electrons. The van der Waals surface area contributed by atoms with Crippen molar-refractivity contribution >= 4 is 5.82 Å². The fourth-order valence-electron chi connectivity index (χ4n) is 2.06. The number of nitrogens with one attached hydrogen (secondary N) is 1. The maximum atomic E-state index is 5.99. The number of aromatic nitrogens is 2. The summed E-state index contributed by atoms with van der Waals surface area (Å²) in [5.74, 6) is 7.09. The summed E-state index contributed by atoms with van der Waals surface area (Å²) in [6.07, 6.45) is 1.87. The molecule has 5 N–H and O–H groups in total. The van der Waals surface area contributed by atoms with Gasteiger partial charge in [0.05, 0.1) is 18.3 Å². The molecule has 6 nitrogen and oxygen atoms in total. The number of hydrazine groups is 1. The molecule has 2 aromatic rings. The van der Waals surface area contributed by atoms with Crippen LogP contribution in [0.25, 0.3) is 0 Å². The maximum absolute atomic E-state index is 5.99. The molecule has 1 aromatic heterocycles. The third kappa shape index (κ3) is 2.92. The van der Waals surface area contributed by atoms with Crippen LogP contribution in [0, 0.1) is 0 Å². The van der Waals surface area contributed by atoms with Crippen LogP contribution in [-0.4, -0.2) is 15.9 Å². The van der Waals surface area contributed by atoms with Crippen LogP contribution < -0.4 is 21.7 Å². The van der Waals surface area contributed by atoms with Crippen molar-refractivity contribution in [2.75, 3.05) is 5.73 Å². The summed E-state index contributed by atoms with van der Waals surface area (Å²) in [6, 6.07) is 7.58. The molecule has 1 heterocycles. The van der Waals surface area contributed by atoms with Gasteiger partial charge in [-0.05, 0) is 31.5 Å². The first kappa shape index (κ1) is 14.4. The van der Waals surface area contributed by atoms with Crippen LogP contribution in [0.4, 0.5) is 5.82 Å². The van der Waals surface area contributed by atoms with E-state index in [1.165, 1.54) is 0 Å². The van der Waals surface area contributed by atoms with Crippen molar-refractivity contribution < 1.29 is 4.74 Å². The van der Waals surface area contributed by atoms with E-state index in [1.54, 1.807) is 17.9 Å². The number of anilines is 1. The molecule has 0 spiro atoms. The SMILES string of the molecule is CC(C)Oc1ccc(C(NN)c2cnn(C)c2N)cc1. The number of aryl methyl sites for hydroxylation is 1. The first-order valence-electron chi connectivity index (χ1n) is 6.53. The van der Waals surface area contributed by atoms with Gasteiger partial charge < -0.3 is 10.5 Å². The highest BCUT2D eigenvalue weighted by Gasteiger charge is 2.18. The summed E-state index contributed by atoms with van der Waals surface area (Å²) >= 11 is 0. The molecule has 20 heavy (non-hydrogen) atoms. The van der Waals surface area contributed by atoms with E-state index in [9.17, 15) is 0 Å². The van der Waals surface area contributed by atoms with E-state index in [2.05, 4.69) is 10.5 Å². The molecule has 0 aliphatic heterocycles. The molecule has 0 saturated heterocycles. The highest BCUT2D eigenvalue weighted by molar-refractivity contribution is 5.46. The second-order valence-electron chi connectivity index (χ2n) is 4.94. The largest absolute Gasteiger partial charge is 0.491 e. The zero-order valence-electron chi connectivity index (χ0n) is 12.0. The molecular weight excluding hydrogens is 254 g/mol. The van der Waals surface area contributed by atoms with Gasteiger partial charge in [0.2, 0.25) is 0 Å². The van der Waals surface area contributed by atoms with Crippen molar-refractivity contribution in [2.45, 2.75) is 26.0 Å². The maximum Gasteiger partial charge on any atom is 0.126 e. The van der Waals surface area contributed by atoms with Gasteiger partial charge in [0.15, 0.2) is 0 Å². The summed E-state index contributed by atoms with van der Waals surface area (Å²) in [5.41, 5.74) is 10.6. The Bertz CT molecular complexity index is 561. The Balaban J connectivity index is 2.26. The number of benzene rings is 1. The molecule has 0 aliphatic carbocycles. The number of hydrogen-bond acceptors (Lipinski definition) is 5. The third-order valence-corrected chi connectivity index (χ3v) is 3.08. The van der Waals surface area contributed by atoms with Gasteiger partial charge in [-0.2, -0.15) is 5.10 Å². The molecule has 0 fully saturated rings. The normalized spacial score (nSPS) is 12.7. The molecule has 0 amide bonds. The van der Waals surface area contributed by atoms with E-state index < -0.39 is 0 Å². The number of nitrogens with zero attached hydrogens (tertiary/aromatic N) is 2. The van der Waals surface area contributed by atoms with Crippen LogP contribution in [-0.2, 0) is 7.05 Å². The summed E-state index contributed by atoms with van der Waals surface area (Å²) in [6.45, 7) is 3.99. The minimum atomic E-state index is -0.197. The number of hydrogen-bond donors (Lipinski definition) is 3. The second kappa shape index (κ2) is 5.94. The van der Waals surface area contributed by atoms with Gasteiger partial charge in [-0.1, -0.05) is 12.1 Å². The van der Waals surface area contributed by atoms with Crippen LogP contribution in [0.5, 0.6) is 5.75 Å². The predicted octanol–water partition coefficient (Wildman–Crippen LogP) is 1.34. The lowest BCUT2D eigenvalue weighted by Gasteiger charge is -2.17. The molecule has 2 rings (SSSR count). The van der Waals surface area contributed by atoms with Crippen LogP contribution in [0.1, 0.15) is 31.0 Å². The average Bonchev–Trinajstić information content (AvgIpc) is 2.73. The summed E-state index contributed by atoms with van der Waals surface area (Å²) in [5, 5.41) is 4.14. The van der Waals surface area contributed by atoms with Gasteiger partial charge in [0.1, 0.15) is 11.6 Å². The lowest BCUT2D eigenvalue weighted by Crippen LogP contribution is -2.29. The smallest absolute Gasteiger partial charge is 0.126 e. The molecule has 0 saturated carbocycles. The fraction of sp³-hybridized carbons (Fsp3) is 0.357. The van der Waals surface area contributed by atoms with E-state index in [1.807, 2.05) is 38.1 Å². The van der Waals surface area contributed by atoms with Crippen LogP contribution in [0.3, 0.4) is 0 Å². The Morgan fingerprint density at radius 3 is 2.35 bits per heavy atom. The van der Waals surface area contributed by atoms with Gasteiger partial charge >= 0.3 is 0 Å². The van der Waals surface area contributed by atoms with Crippen molar-refractivity contribution in [1.82, 2.24) is 15.2 Å². The van der Waals surface area contributed by atoms with Gasteiger partial charge in [0, 0.05) is 12.6 Å². The topological polar surface area (TPSA) is 91.1 Å². The summed E-state index contributed by atoms with van der Waals surface area (Å²) < 4.78 is 7.24. The van der Waals surface area contributed by atoms with Gasteiger partial charge in [0.25, 0.3) is 0 Å². The van der Waals surface area contributed by atoms with Gasteiger partial charge in [-0.15, -0.1) is 0 Å². The van der Waals surface area contributed by atoms with E-state index in [-0.39, 0.29) is 12.1 Å². The van der Waals surface area contributed by atoms with E-state index in [0.717, 1.165) is 16.9 Å². The van der Waals surface area contributed by atoms with E-state index >= 15 is 0 Å². The summed E-state index contributed by atoms with van der Waals surface area (Å²) in [7, 11) is 1.80. The third-order valence-electron chi connectivity index (χ3n) is 3.08. The Labute approximate surface area is 118 Å². The standard InChI is InChI=1S/C14H21N5O/c1-9(2)20-11-6-4-10(5-7-11)13(18-16)12-8-17-19(3)14(12)15/h4-9,13,18H,15-16H2,1-3H3. The number of rotatable bonds is 5. The first-order valence-corrected chi connectivity index (χ1v) is 6.53. The quantitative estimate of drug-likeness (QED) is 0.566. The Morgan fingerprint density at radius 1 is 1.25 bits per heavy atom. The number of nitrogen functional groups attached to an aromatic ring is 1. The molecule has 1 atom stereocenters. The number of nitrogens with two attached hydrogens (primary N) is 2. The minimum absolute atomic E-state index is 0.151. The zero-order chi connectivity index (χ0) is 14.7. The molecule has 1 unspecified atom stereocenters. The zero-order valence-corrected chi connectivity index (χ0v) is 12.0. The van der Waals surface area contributed by atoms with Gasteiger partial charge in [-0.3, -0.25) is 10.5 Å². The molecule has 0 radical (unpaired) electrons.